The molecule has 164 valence electrons. The fraction of sp³-hybridized carbons (Fsp3) is 0.333. The number of piperidine rings is 1. The van der Waals surface area contributed by atoms with Crippen LogP contribution >= 0.6 is 0 Å². The van der Waals surface area contributed by atoms with E-state index in [9.17, 15) is 19.2 Å². The van der Waals surface area contributed by atoms with Gasteiger partial charge in [0.15, 0.2) is 0 Å². The van der Waals surface area contributed by atoms with Crippen LogP contribution in [0.25, 0.3) is 0 Å². The van der Waals surface area contributed by atoms with Gasteiger partial charge in [0.25, 0.3) is 11.8 Å². The van der Waals surface area contributed by atoms with E-state index in [4.69, 9.17) is 0 Å². The normalized spacial score (nSPS) is 23.6. The molecule has 2 unspecified atom stereocenters. The lowest BCUT2D eigenvalue weighted by Crippen LogP contribution is -2.54. The summed E-state index contributed by atoms with van der Waals surface area (Å²) in [6.07, 6.45) is 0.249. The third-order valence-electron chi connectivity index (χ3n) is 6.46. The van der Waals surface area contributed by atoms with Crippen LogP contribution in [0.5, 0.6) is 0 Å². The van der Waals surface area contributed by atoms with Crippen molar-refractivity contribution >= 4 is 29.3 Å². The molecule has 2 atom stereocenters. The number of para-hydroxylation sites is 1. The molecule has 3 N–H and O–H groups in total. The first-order valence-corrected chi connectivity index (χ1v) is 10.7. The van der Waals surface area contributed by atoms with Crippen LogP contribution in [0.3, 0.4) is 0 Å². The maximum Gasteiger partial charge on any atom is 0.262 e. The summed E-state index contributed by atoms with van der Waals surface area (Å²) in [6.45, 7) is 4.78. The smallest absolute Gasteiger partial charge is 0.262 e. The Balaban J connectivity index is 1.35. The van der Waals surface area contributed by atoms with E-state index in [1.165, 1.54) is 5.56 Å². The molecule has 1 fully saturated rings. The van der Waals surface area contributed by atoms with Crippen molar-refractivity contribution in [2.45, 2.75) is 50.9 Å². The highest BCUT2D eigenvalue weighted by atomic mass is 16.2. The number of nitrogens with one attached hydrogen (secondary N) is 3. The van der Waals surface area contributed by atoms with Crippen LogP contribution in [0, 0.1) is 0 Å². The van der Waals surface area contributed by atoms with Crippen molar-refractivity contribution in [2.24, 2.45) is 0 Å². The van der Waals surface area contributed by atoms with Crippen LogP contribution in [0.15, 0.2) is 42.5 Å². The largest absolute Gasteiger partial charge is 0.378 e. The number of imide groups is 2. The average Bonchev–Trinajstić information content (AvgIpc) is 3.15. The highest BCUT2D eigenvalue weighted by Crippen LogP contribution is 2.40. The summed E-state index contributed by atoms with van der Waals surface area (Å²) in [5.41, 5.74) is 3.56. The number of benzene rings is 2. The lowest BCUT2D eigenvalue weighted by Gasteiger charge is -2.29. The molecule has 8 nitrogen and oxygen atoms in total. The average molecular weight is 432 g/mol. The molecule has 0 spiro atoms. The number of carbonyl (C=O) groups is 4. The predicted octanol–water partition coefficient (Wildman–Crippen LogP) is 2.12. The van der Waals surface area contributed by atoms with E-state index in [0.717, 1.165) is 16.2 Å². The highest BCUT2D eigenvalue weighted by Gasteiger charge is 2.44. The molecular formula is C24H24N4O4. The van der Waals surface area contributed by atoms with Crippen molar-refractivity contribution < 1.29 is 19.2 Å². The number of hydrogen-bond donors (Lipinski definition) is 3. The van der Waals surface area contributed by atoms with Crippen molar-refractivity contribution in [1.82, 2.24) is 15.5 Å². The van der Waals surface area contributed by atoms with Gasteiger partial charge in [-0.2, -0.15) is 0 Å². The van der Waals surface area contributed by atoms with Crippen molar-refractivity contribution in [1.29, 1.82) is 0 Å². The van der Waals surface area contributed by atoms with Gasteiger partial charge >= 0.3 is 0 Å². The molecule has 0 aliphatic carbocycles. The SMILES string of the molecule is CC1(C)Nc2ccccc2C1NCc1ccc2c(c1)C(=O)N(C1CCC(=O)NC1=O)C2=O. The van der Waals surface area contributed by atoms with Crippen LogP contribution in [0.2, 0.25) is 0 Å². The fourth-order valence-corrected chi connectivity index (χ4v) is 4.88. The second-order valence-electron chi connectivity index (χ2n) is 9.07. The summed E-state index contributed by atoms with van der Waals surface area (Å²) < 4.78 is 0. The molecule has 0 aromatic heterocycles. The Morgan fingerprint density at radius 2 is 1.78 bits per heavy atom. The van der Waals surface area contributed by atoms with E-state index in [1.54, 1.807) is 12.1 Å². The zero-order chi connectivity index (χ0) is 22.6. The van der Waals surface area contributed by atoms with Gasteiger partial charge in [-0.15, -0.1) is 0 Å². The standard InChI is InChI=1S/C24H24N4O4/c1-24(2)20(15-5-3-4-6-17(15)27-24)25-12-13-7-8-14-16(11-13)23(32)28(22(14)31)18-9-10-19(29)26-21(18)30/h3-8,11,18,20,25,27H,9-10,12H2,1-2H3,(H,26,29,30). The first-order valence-electron chi connectivity index (χ1n) is 10.7. The molecule has 4 amide bonds. The van der Waals surface area contributed by atoms with Gasteiger partial charge in [-0.1, -0.05) is 24.3 Å². The van der Waals surface area contributed by atoms with Crippen molar-refractivity contribution in [3.63, 3.8) is 0 Å². The highest BCUT2D eigenvalue weighted by molar-refractivity contribution is 6.23. The first kappa shape index (κ1) is 20.4. The molecule has 0 radical (unpaired) electrons. The predicted molar refractivity (Wildman–Crippen MR) is 117 cm³/mol. The molecule has 3 aliphatic heterocycles. The van der Waals surface area contributed by atoms with Crippen LogP contribution in [-0.4, -0.2) is 40.1 Å². The topological polar surface area (TPSA) is 108 Å². The molecule has 3 heterocycles. The Bertz CT molecular complexity index is 1170. The van der Waals surface area contributed by atoms with Gasteiger partial charge in [-0.3, -0.25) is 29.4 Å². The van der Waals surface area contributed by atoms with E-state index in [1.807, 2.05) is 18.2 Å². The minimum atomic E-state index is -0.955. The molecule has 3 aliphatic rings. The van der Waals surface area contributed by atoms with E-state index < -0.39 is 23.8 Å². The zero-order valence-corrected chi connectivity index (χ0v) is 17.9. The van der Waals surface area contributed by atoms with Crippen LogP contribution in [-0.2, 0) is 16.1 Å². The van der Waals surface area contributed by atoms with Crippen LogP contribution < -0.4 is 16.0 Å². The lowest BCUT2D eigenvalue weighted by atomic mass is 9.93. The number of fused-ring (bicyclic) bond motifs is 2. The third kappa shape index (κ3) is 3.18. The second kappa shape index (κ2) is 7.27. The van der Waals surface area contributed by atoms with Crippen LogP contribution in [0.1, 0.15) is 64.6 Å². The molecule has 5 rings (SSSR count). The minimum Gasteiger partial charge on any atom is -0.378 e. The number of hydrogen-bond acceptors (Lipinski definition) is 6. The van der Waals surface area contributed by atoms with Gasteiger partial charge in [0.2, 0.25) is 11.8 Å². The number of amides is 4. The summed E-state index contributed by atoms with van der Waals surface area (Å²) in [4.78, 5) is 50.5. The van der Waals surface area contributed by atoms with Crippen LogP contribution in [0.4, 0.5) is 5.69 Å². The van der Waals surface area contributed by atoms with E-state index in [2.05, 4.69) is 41.9 Å². The lowest BCUT2D eigenvalue weighted by molar-refractivity contribution is -0.136. The molecule has 0 bridgehead atoms. The maximum absolute atomic E-state index is 13.0. The fourth-order valence-electron chi connectivity index (χ4n) is 4.88. The van der Waals surface area contributed by atoms with Gasteiger partial charge in [-0.25, -0.2) is 0 Å². The summed E-state index contributed by atoms with van der Waals surface area (Å²) in [5.74, 6) is -1.97. The van der Waals surface area contributed by atoms with Gasteiger partial charge in [0.1, 0.15) is 6.04 Å². The van der Waals surface area contributed by atoms with E-state index in [0.29, 0.717) is 12.1 Å². The molecule has 32 heavy (non-hydrogen) atoms. The Morgan fingerprint density at radius 3 is 2.56 bits per heavy atom. The van der Waals surface area contributed by atoms with Crippen molar-refractivity contribution in [3.8, 4) is 0 Å². The van der Waals surface area contributed by atoms with Gasteiger partial charge in [0, 0.05) is 18.7 Å². The summed E-state index contributed by atoms with van der Waals surface area (Å²) in [6, 6.07) is 12.5. The van der Waals surface area contributed by atoms with E-state index >= 15 is 0 Å². The number of anilines is 1. The quantitative estimate of drug-likeness (QED) is 0.639. The van der Waals surface area contributed by atoms with Gasteiger partial charge < -0.3 is 10.6 Å². The van der Waals surface area contributed by atoms with Gasteiger partial charge in [-0.05, 0) is 49.6 Å². The molecule has 0 saturated carbocycles. The monoisotopic (exact) mass is 432 g/mol. The van der Waals surface area contributed by atoms with Crippen molar-refractivity contribution in [3.05, 3.63) is 64.7 Å². The molecule has 2 aromatic carbocycles. The number of carbonyl (C=O) groups excluding carboxylic acids is 4. The second-order valence-corrected chi connectivity index (χ2v) is 9.07. The molecule has 1 saturated heterocycles. The summed E-state index contributed by atoms with van der Waals surface area (Å²) in [5, 5.41) is 9.32. The number of nitrogens with zero attached hydrogens (tertiary/aromatic N) is 1. The first-order chi connectivity index (χ1) is 15.3. The number of rotatable bonds is 4. The molecular weight excluding hydrogens is 408 g/mol. The zero-order valence-electron chi connectivity index (χ0n) is 17.9. The maximum atomic E-state index is 13.0. The molecule has 8 heteroatoms. The van der Waals surface area contributed by atoms with Crippen molar-refractivity contribution in [2.75, 3.05) is 5.32 Å². The Labute approximate surface area is 185 Å². The molecule has 2 aromatic rings. The Morgan fingerprint density at radius 1 is 1.03 bits per heavy atom. The summed E-state index contributed by atoms with van der Waals surface area (Å²) >= 11 is 0. The van der Waals surface area contributed by atoms with E-state index in [-0.39, 0.29) is 35.9 Å². The third-order valence-corrected chi connectivity index (χ3v) is 6.46. The Hall–Kier alpha value is -3.52. The Kier molecular flexibility index (Phi) is 4.63. The summed E-state index contributed by atoms with van der Waals surface area (Å²) in [7, 11) is 0. The minimum absolute atomic E-state index is 0.0734. The van der Waals surface area contributed by atoms with Gasteiger partial charge in [0.05, 0.1) is 22.7 Å².